The Bertz CT molecular complexity index is 956. The third-order valence-electron chi connectivity index (χ3n) is 4.25. The fourth-order valence-corrected chi connectivity index (χ4v) is 4.44. The van der Waals surface area contributed by atoms with E-state index in [-0.39, 0.29) is 11.5 Å². The minimum Gasteiger partial charge on any atom is -0.464 e. The molecule has 0 radical (unpaired) electrons. The number of halogens is 1. The highest BCUT2D eigenvalue weighted by atomic mass is 35.5. The van der Waals surface area contributed by atoms with Gasteiger partial charge in [0.05, 0.1) is 11.5 Å². The van der Waals surface area contributed by atoms with Crippen LogP contribution in [-0.2, 0) is 19.6 Å². The molecular formula is C19H19ClN2O4S. The fraction of sp³-hybridized carbons (Fsp3) is 0.263. The van der Waals surface area contributed by atoms with Gasteiger partial charge in [-0.25, -0.2) is 17.5 Å². The number of rotatable bonds is 5. The van der Waals surface area contributed by atoms with Crippen molar-refractivity contribution in [3.63, 3.8) is 0 Å². The molecule has 2 aromatic carbocycles. The molecule has 1 aliphatic rings. The predicted molar refractivity (Wildman–Crippen MR) is 103 cm³/mol. The minimum absolute atomic E-state index is 0.128. The van der Waals surface area contributed by atoms with Gasteiger partial charge in [-0.15, -0.1) is 0 Å². The van der Waals surface area contributed by atoms with Crippen molar-refractivity contribution >= 4 is 33.9 Å². The third-order valence-corrected chi connectivity index (χ3v) is 6.25. The van der Waals surface area contributed by atoms with E-state index in [9.17, 15) is 13.2 Å². The summed E-state index contributed by atoms with van der Waals surface area (Å²) >= 11 is 5.95. The molecule has 0 bridgehead atoms. The summed E-state index contributed by atoms with van der Waals surface area (Å²) in [6, 6.07) is 11.4. The molecule has 2 aromatic rings. The molecule has 1 heterocycles. The SMILES string of the molecule is CCOC(=O)[C@@H]1N=CN(S(=O)(=O)c2ccc(C)cc2)[C@@H]1c1ccc(Cl)cc1. The van der Waals surface area contributed by atoms with Crippen molar-refractivity contribution in [2.75, 3.05) is 6.61 Å². The van der Waals surface area contributed by atoms with E-state index in [4.69, 9.17) is 16.3 Å². The van der Waals surface area contributed by atoms with Crippen LogP contribution in [0.1, 0.15) is 24.1 Å². The fourth-order valence-electron chi connectivity index (χ4n) is 2.88. The second kappa shape index (κ2) is 7.70. The number of ether oxygens (including phenoxy) is 1. The van der Waals surface area contributed by atoms with E-state index in [2.05, 4.69) is 4.99 Å². The van der Waals surface area contributed by atoms with Crippen LogP contribution in [0.25, 0.3) is 0 Å². The van der Waals surface area contributed by atoms with Crippen LogP contribution in [-0.4, -0.2) is 37.7 Å². The van der Waals surface area contributed by atoms with E-state index in [0.717, 1.165) is 9.87 Å². The summed E-state index contributed by atoms with van der Waals surface area (Å²) in [6.45, 7) is 3.75. The molecule has 0 saturated heterocycles. The van der Waals surface area contributed by atoms with Crippen molar-refractivity contribution in [1.29, 1.82) is 0 Å². The van der Waals surface area contributed by atoms with Crippen LogP contribution >= 0.6 is 11.6 Å². The van der Waals surface area contributed by atoms with Crippen molar-refractivity contribution < 1.29 is 17.9 Å². The first-order valence-electron chi connectivity index (χ1n) is 8.40. The van der Waals surface area contributed by atoms with Crippen LogP contribution < -0.4 is 0 Å². The summed E-state index contributed by atoms with van der Waals surface area (Å²) < 4.78 is 32.6. The Morgan fingerprint density at radius 3 is 2.37 bits per heavy atom. The van der Waals surface area contributed by atoms with E-state index >= 15 is 0 Å². The van der Waals surface area contributed by atoms with Gasteiger partial charge in [-0.3, -0.25) is 4.99 Å². The number of hydrogen-bond donors (Lipinski definition) is 0. The minimum atomic E-state index is -3.90. The number of nitrogens with zero attached hydrogens (tertiary/aromatic N) is 2. The standard InChI is InChI=1S/C19H19ClN2O4S/c1-3-26-19(23)17-18(14-6-8-15(20)9-7-14)22(12-21-17)27(24,25)16-10-4-13(2)5-11-16/h4-12,17-18H,3H2,1-2H3/t17-,18-/m1/s1. The molecule has 27 heavy (non-hydrogen) atoms. The average molecular weight is 407 g/mol. The summed E-state index contributed by atoms with van der Waals surface area (Å²) in [5.41, 5.74) is 1.55. The monoisotopic (exact) mass is 406 g/mol. The average Bonchev–Trinajstić information content (AvgIpc) is 3.09. The number of carbonyl (C=O) groups excluding carboxylic acids is 1. The smallest absolute Gasteiger partial charge is 0.333 e. The molecule has 0 unspecified atom stereocenters. The zero-order valence-corrected chi connectivity index (χ0v) is 16.4. The number of hydrogen-bond acceptors (Lipinski definition) is 5. The van der Waals surface area contributed by atoms with Crippen LogP contribution in [0.15, 0.2) is 58.4 Å². The molecule has 6 nitrogen and oxygen atoms in total. The Hall–Kier alpha value is -2.38. The molecule has 0 fully saturated rings. The van der Waals surface area contributed by atoms with Crippen LogP contribution in [0, 0.1) is 6.92 Å². The Kier molecular flexibility index (Phi) is 5.53. The molecule has 0 amide bonds. The molecule has 0 saturated carbocycles. The lowest BCUT2D eigenvalue weighted by Gasteiger charge is -2.27. The number of sulfonamides is 1. The summed E-state index contributed by atoms with van der Waals surface area (Å²) in [4.78, 5) is 16.6. The lowest BCUT2D eigenvalue weighted by atomic mass is 10.0. The molecule has 1 aliphatic heterocycles. The first kappa shape index (κ1) is 19.4. The normalized spacial score (nSPS) is 19.3. The first-order chi connectivity index (χ1) is 12.8. The van der Waals surface area contributed by atoms with Gasteiger partial charge in [0.25, 0.3) is 10.0 Å². The Morgan fingerprint density at radius 1 is 1.15 bits per heavy atom. The number of aryl methyl sites for hydroxylation is 1. The number of carbonyl (C=O) groups is 1. The van der Waals surface area contributed by atoms with Gasteiger partial charge in [0.1, 0.15) is 12.4 Å². The Labute approximate surface area is 163 Å². The van der Waals surface area contributed by atoms with Crippen LogP contribution in [0.3, 0.4) is 0 Å². The molecular weight excluding hydrogens is 388 g/mol. The van der Waals surface area contributed by atoms with Gasteiger partial charge in [-0.2, -0.15) is 0 Å². The van der Waals surface area contributed by atoms with E-state index in [1.54, 1.807) is 43.3 Å². The lowest BCUT2D eigenvalue weighted by molar-refractivity contribution is -0.145. The third kappa shape index (κ3) is 3.84. The van der Waals surface area contributed by atoms with Crippen molar-refractivity contribution in [2.24, 2.45) is 4.99 Å². The quantitative estimate of drug-likeness (QED) is 0.713. The molecule has 0 aromatic heterocycles. The van der Waals surface area contributed by atoms with Crippen LogP contribution in [0.2, 0.25) is 5.02 Å². The lowest BCUT2D eigenvalue weighted by Crippen LogP contribution is -2.37. The van der Waals surface area contributed by atoms with Gasteiger partial charge in [0.15, 0.2) is 6.04 Å². The van der Waals surface area contributed by atoms with Gasteiger partial charge in [0, 0.05) is 5.02 Å². The summed E-state index contributed by atoms with van der Waals surface area (Å²) in [7, 11) is -3.90. The maximum atomic E-state index is 13.2. The van der Waals surface area contributed by atoms with E-state index in [1.165, 1.54) is 18.5 Å². The molecule has 3 rings (SSSR count). The van der Waals surface area contributed by atoms with Gasteiger partial charge < -0.3 is 4.74 Å². The molecule has 0 spiro atoms. The maximum Gasteiger partial charge on any atom is 0.333 e. The zero-order valence-electron chi connectivity index (χ0n) is 14.9. The van der Waals surface area contributed by atoms with Crippen molar-refractivity contribution in [1.82, 2.24) is 4.31 Å². The molecule has 2 atom stereocenters. The van der Waals surface area contributed by atoms with Crippen LogP contribution in [0.5, 0.6) is 0 Å². The van der Waals surface area contributed by atoms with Crippen molar-refractivity contribution in [3.05, 3.63) is 64.7 Å². The summed E-state index contributed by atoms with van der Waals surface area (Å²) in [5.74, 6) is -0.574. The highest BCUT2D eigenvalue weighted by molar-refractivity contribution is 7.89. The Morgan fingerprint density at radius 2 is 1.78 bits per heavy atom. The van der Waals surface area contributed by atoms with Crippen molar-refractivity contribution in [2.45, 2.75) is 30.8 Å². The van der Waals surface area contributed by atoms with Gasteiger partial charge in [-0.1, -0.05) is 41.4 Å². The van der Waals surface area contributed by atoms with Gasteiger partial charge in [0.2, 0.25) is 0 Å². The number of esters is 1. The molecule has 8 heteroatoms. The largest absolute Gasteiger partial charge is 0.464 e. The second-order valence-electron chi connectivity index (χ2n) is 6.11. The molecule has 142 valence electrons. The zero-order chi connectivity index (χ0) is 19.6. The van der Waals surface area contributed by atoms with Crippen molar-refractivity contribution in [3.8, 4) is 0 Å². The van der Waals surface area contributed by atoms with Gasteiger partial charge >= 0.3 is 5.97 Å². The first-order valence-corrected chi connectivity index (χ1v) is 10.2. The number of benzene rings is 2. The topological polar surface area (TPSA) is 76.0 Å². The second-order valence-corrected chi connectivity index (χ2v) is 8.39. The van der Waals surface area contributed by atoms with Gasteiger partial charge in [-0.05, 0) is 43.7 Å². The summed E-state index contributed by atoms with van der Waals surface area (Å²) in [6.07, 6.45) is 1.19. The highest BCUT2D eigenvalue weighted by Gasteiger charge is 2.43. The summed E-state index contributed by atoms with van der Waals surface area (Å²) in [5, 5.41) is 0.512. The van der Waals surface area contributed by atoms with E-state index in [1.807, 2.05) is 6.92 Å². The van der Waals surface area contributed by atoms with E-state index < -0.39 is 28.1 Å². The predicted octanol–water partition coefficient (Wildman–Crippen LogP) is 3.35. The molecule has 0 N–H and O–H groups in total. The Balaban J connectivity index is 2.04. The highest BCUT2D eigenvalue weighted by Crippen LogP contribution is 2.35. The van der Waals surface area contributed by atoms with E-state index in [0.29, 0.717) is 10.6 Å². The van der Waals surface area contributed by atoms with Crippen LogP contribution in [0.4, 0.5) is 0 Å². The number of aliphatic imine (C=N–C) groups is 1. The molecule has 0 aliphatic carbocycles. The maximum absolute atomic E-state index is 13.2.